The summed E-state index contributed by atoms with van der Waals surface area (Å²) in [5, 5.41) is 0. The van der Waals surface area contributed by atoms with Crippen molar-refractivity contribution in [3.05, 3.63) is 59.5 Å². The molecule has 0 fully saturated rings. The molecule has 9 heteroatoms. The predicted octanol–water partition coefficient (Wildman–Crippen LogP) is 3.96. The molecule has 0 saturated carbocycles. The summed E-state index contributed by atoms with van der Waals surface area (Å²) in [5.41, 5.74) is 0.553. The molecule has 2 heterocycles. The molecule has 2 aromatic heterocycles. The summed E-state index contributed by atoms with van der Waals surface area (Å²) in [6.07, 6.45) is -2.11. The fourth-order valence-corrected chi connectivity index (χ4v) is 3.67. The summed E-state index contributed by atoms with van der Waals surface area (Å²) in [6, 6.07) is 9.98. The number of fused-ring (bicyclic) bond motifs is 1. The highest BCUT2D eigenvalue weighted by molar-refractivity contribution is 7.91. The van der Waals surface area contributed by atoms with Crippen LogP contribution in [0.4, 0.5) is 13.2 Å². The monoisotopic (exact) mass is 409 g/mol. The number of benzene rings is 1. The number of halogens is 3. The van der Waals surface area contributed by atoms with Gasteiger partial charge in [0.05, 0.1) is 11.3 Å². The largest absolute Gasteiger partial charge is 0.417 e. The molecule has 0 spiro atoms. The fraction of sp³-hybridized carbons (Fsp3) is 0.263. The molecular weight excluding hydrogens is 391 g/mol. The first-order valence-electron chi connectivity index (χ1n) is 8.47. The number of alkyl halides is 3. The fourth-order valence-electron chi connectivity index (χ4n) is 2.78. The van der Waals surface area contributed by atoms with Gasteiger partial charge in [0, 0.05) is 24.6 Å². The van der Waals surface area contributed by atoms with Crippen molar-refractivity contribution >= 4 is 32.7 Å². The minimum atomic E-state index is -4.53. The van der Waals surface area contributed by atoms with E-state index in [0.29, 0.717) is 5.57 Å². The van der Waals surface area contributed by atoms with Crippen LogP contribution in [0.2, 0.25) is 0 Å². The van der Waals surface area contributed by atoms with Gasteiger partial charge in [-0.15, -0.1) is 0 Å². The summed E-state index contributed by atoms with van der Waals surface area (Å²) in [6.45, 7) is 1.54. The molecule has 0 saturated heterocycles. The summed E-state index contributed by atoms with van der Waals surface area (Å²) in [5.74, 6) is -0.0657. The van der Waals surface area contributed by atoms with Gasteiger partial charge in [-0.05, 0) is 17.7 Å². The predicted molar refractivity (Wildman–Crippen MR) is 102 cm³/mol. The Morgan fingerprint density at radius 3 is 2.50 bits per heavy atom. The summed E-state index contributed by atoms with van der Waals surface area (Å²) in [4.78, 5) is 8.15. The molecule has 148 valence electrons. The molecular formula is C19H18F3N3O2S. The lowest BCUT2D eigenvalue weighted by Gasteiger charge is -2.08. The van der Waals surface area contributed by atoms with Gasteiger partial charge in [-0.2, -0.15) is 13.2 Å². The molecule has 0 amide bonds. The number of hydrogen-bond acceptors (Lipinski definition) is 4. The molecule has 3 aromatic rings. The highest BCUT2D eigenvalue weighted by Crippen LogP contribution is 2.31. The van der Waals surface area contributed by atoms with Crippen LogP contribution in [0.5, 0.6) is 0 Å². The third-order valence-electron chi connectivity index (χ3n) is 4.28. The number of nitrogens with zero attached hydrogens (tertiary/aromatic N) is 3. The average Bonchev–Trinajstić information content (AvgIpc) is 2.97. The first-order chi connectivity index (χ1) is 13.1. The Hall–Kier alpha value is -2.68. The number of sulfone groups is 1. The van der Waals surface area contributed by atoms with E-state index in [1.165, 1.54) is 4.57 Å². The molecule has 28 heavy (non-hydrogen) atoms. The van der Waals surface area contributed by atoms with E-state index < -0.39 is 21.6 Å². The van der Waals surface area contributed by atoms with E-state index in [1.807, 2.05) is 18.2 Å². The lowest BCUT2D eigenvalue weighted by Crippen LogP contribution is -2.12. The van der Waals surface area contributed by atoms with E-state index in [0.717, 1.165) is 17.8 Å². The van der Waals surface area contributed by atoms with Crippen molar-refractivity contribution in [3.8, 4) is 0 Å². The van der Waals surface area contributed by atoms with E-state index in [2.05, 4.69) is 9.97 Å². The Morgan fingerprint density at radius 1 is 1.21 bits per heavy atom. The lowest BCUT2D eigenvalue weighted by atomic mass is 10.1. The summed E-state index contributed by atoms with van der Waals surface area (Å²) in [7, 11) is -1.80. The molecule has 0 bridgehead atoms. The van der Waals surface area contributed by atoms with Crippen molar-refractivity contribution in [2.45, 2.75) is 13.1 Å². The molecule has 0 atom stereocenters. The molecule has 3 rings (SSSR count). The maximum absolute atomic E-state index is 13.0. The Morgan fingerprint density at radius 2 is 1.89 bits per heavy atom. The first-order valence-corrected chi connectivity index (χ1v) is 10.3. The molecule has 0 unspecified atom stereocenters. The highest BCUT2D eigenvalue weighted by Gasteiger charge is 2.32. The van der Waals surface area contributed by atoms with E-state index in [9.17, 15) is 21.6 Å². The van der Waals surface area contributed by atoms with Crippen LogP contribution in [0.3, 0.4) is 0 Å². The number of rotatable bonds is 5. The topological polar surface area (TPSA) is 64.8 Å². The van der Waals surface area contributed by atoms with Crippen molar-refractivity contribution in [1.82, 2.24) is 14.5 Å². The third-order valence-corrected chi connectivity index (χ3v) is 5.91. The Kier molecular flexibility index (Phi) is 5.29. The molecule has 5 nitrogen and oxygen atoms in total. The van der Waals surface area contributed by atoms with Gasteiger partial charge in [0.1, 0.15) is 11.3 Å². The van der Waals surface area contributed by atoms with Crippen LogP contribution >= 0.6 is 0 Å². The number of pyridine rings is 1. The first kappa shape index (κ1) is 20.1. The Labute approximate surface area is 160 Å². The number of aryl methyl sites for hydroxylation is 1. The second-order valence-electron chi connectivity index (χ2n) is 6.32. The Balaban J connectivity index is 2.18. The van der Waals surface area contributed by atoms with Gasteiger partial charge in [-0.25, -0.2) is 18.4 Å². The van der Waals surface area contributed by atoms with Gasteiger partial charge in [0.15, 0.2) is 15.5 Å². The third kappa shape index (κ3) is 4.24. The van der Waals surface area contributed by atoms with Crippen LogP contribution < -0.4 is 0 Å². The van der Waals surface area contributed by atoms with E-state index >= 15 is 0 Å². The van der Waals surface area contributed by atoms with Crippen molar-refractivity contribution in [2.75, 3.05) is 11.5 Å². The minimum Gasteiger partial charge on any atom is -0.312 e. The van der Waals surface area contributed by atoms with Gasteiger partial charge in [0.25, 0.3) is 0 Å². The van der Waals surface area contributed by atoms with Crippen molar-refractivity contribution in [2.24, 2.45) is 7.05 Å². The van der Waals surface area contributed by atoms with Crippen molar-refractivity contribution in [1.29, 1.82) is 0 Å². The van der Waals surface area contributed by atoms with Crippen LogP contribution in [0.1, 0.15) is 23.9 Å². The van der Waals surface area contributed by atoms with E-state index in [-0.39, 0.29) is 28.5 Å². The molecule has 0 aliphatic heterocycles. The van der Waals surface area contributed by atoms with Gasteiger partial charge in [-0.1, -0.05) is 37.3 Å². The molecule has 0 N–H and O–H groups in total. The molecule has 1 aromatic carbocycles. The molecule has 0 aliphatic carbocycles. The van der Waals surface area contributed by atoms with Crippen LogP contribution in [0, 0.1) is 0 Å². The van der Waals surface area contributed by atoms with E-state index in [4.69, 9.17) is 0 Å². The molecule has 0 aliphatic rings. The average molecular weight is 409 g/mol. The summed E-state index contributed by atoms with van der Waals surface area (Å²) >= 11 is 0. The number of aromatic nitrogens is 3. The van der Waals surface area contributed by atoms with E-state index in [1.54, 1.807) is 32.2 Å². The number of imidazole rings is 1. The standard InChI is InChI=1S/C19H18F3N3O2S/c1-3-28(26,27)12-14(9-13-7-5-4-6-8-13)17-24-16-10-15(19(20,21)22)11-23-18(16)25(17)2/h4-11H,3,12H2,1-2H3/b14-9+. The normalized spacial score (nSPS) is 13.2. The second-order valence-corrected chi connectivity index (χ2v) is 8.67. The smallest absolute Gasteiger partial charge is 0.312 e. The van der Waals surface area contributed by atoms with Crippen molar-refractivity contribution < 1.29 is 21.6 Å². The van der Waals surface area contributed by atoms with Gasteiger partial charge >= 0.3 is 6.18 Å². The van der Waals surface area contributed by atoms with Gasteiger partial charge in [-0.3, -0.25) is 0 Å². The van der Waals surface area contributed by atoms with Crippen LogP contribution in [0.15, 0.2) is 42.6 Å². The number of hydrogen-bond donors (Lipinski definition) is 0. The Bertz CT molecular complexity index is 1130. The van der Waals surface area contributed by atoms with Crippen LogP contribution in [0.25, 0.3) is 22.8 Å². The maximum Gasteiger partial charge on any atom is 0.417 e. The quantitative estimate of drug-likeness (QED) is 0.640. The second kappa shape index (κ2) is 7.38. The zero-order valence-corrected chi connectivity index (χ0v) is 16.0. The van der Waals surface area contributed by atoms with Crippen molar-refractivity contribution in [3.63, 3.8) is 0 Å². The molecule has 0 radical (unpaired) electrons. The minimum absolute atomic E-state index is 0.0557. The highest BCUT2D eigenvalue weighted by atomic mass is 32.2. The zero-order valence-electron chi connectivity index (χ0n) is 15.2. The SMILES string of the molecule is CCS(=O)(=O)C/C(=C\c1ccccc1)c1nc2cc(C(F)(F)F)cnc2n1C. The van der Waals surface area contributed by atoms with Crippen LogP contribution in [-0.2, 0) is 23.1 Å². The van der Waals surface area contributed by atoms with Gasteiger partial charge < -0.3 is 4.57 Å². The maximum atomic E-state index is 13.0. The van der Waals surface area contributed by atoms with Crippen LogP contribution in [-0.4, -0.2) is 34.5 Å². The lowest BCUT2D eigenvalue weighted by molar-refractivity contribution is -0.137. The zero-order chi connectivity index (χ0) is 20.5. The van der Waals surface area contributed by atoms with Gasteiger partial charge in [0.2, 0.25) is 0 Å². The summed E-state index contributed by atoms with van der Waals surface area (Å²) < 4.78 is 64.9.